The van der Waals surface area contributed by atoms with Crippen molar-refractivity contribution in [1.82, 2.24) is 0 Å². The average molecular weight is 351 g/mol. The first-order valence-corrected chi connectivity index (χ1v) is 9.73. The van der Waals surface area contributed by atoms with E-state index >= 15 is 0 Å². The summed E-state index contributed by atoms with van der Waals surface area (Å²) in [5.74, 6) is 2.60. The Hall–Kier alpha value is -2.36. The van der Waals surface area contributed by atoms with E-state index in [-0.39, 0.29) is 5.41 Å². The van der Waals surface area contributed by atoms with Crippen LogP contribution < -0.4 is 19.1 Å². The molecule has 2 aromatic rings. The smallest absolute Gasteiger partial charge is 0.165 e. The number of benzene rings is 2. The van der Waals surface area contributed by atoms with Gasteiger partial charge >= 0.3 is 0 Å². The average Bonchev–Trinajstić information content (AvgIpc) is 3.20. The van der Waals surface area contributed by atoms with Crippen LogP contribution in [0.5, 0.6) is 17.2 Å². The van der Waals surface area contributed by atoms with Crippen molar-refractivity contribution >= 4 is 5.69 Å². The Labute approximate surface area is 154 Å². The van der Waals surface area contributed by atoms with Gasteiger partial charge in [-0.2, -0.15) is 0 Å². The quantitative estimate of drug-likeness (QED) is 0.775. The Morgan fingerprint density at radius 2 is 1.73 bits per heavy atom. The van der Waals surface area contributed by atoms with Crippen LogP contribution in [0.25, 0.3) is 0 Å². The first kappa shape index (κ1) is 15.9. The molecule has 3 heterocycles. The zero-order valence-electron chi connectivity index (χ0n) is 15.3. The van der Waals surface area contributed by atoms with Crippen LogP contribution >= 0.6 is 0 Å². The maximum atomic E-state index is 6.17. The van der Waals surface area contributed by atoms with Gasteiger partial charge in [0.2, 0.25) is 0 Å². The fraction of sp³-hybridized carbons (Fsp3) is 0.455. The third-order valence-corrected chi connectivity index (χ3v) is 5.89. The molecular formula is C22H25NO3. The van der Waals surface area contributed by atoms with Crippen LogP contribution in [0.2, 0.25) is 0 Å². The first-order valence-electron chi connectivity index (χ1n) is 9.73. The van der Waals surface area contributed by atoms with Crippen molar-refractivity contribution in [3.8, 4) is 17.2 Å². The SMILES string of the molecule is CCCCCN1CC2(COc3cc4c(cc32)OCCO4)c2ccccc21. The standard InChI is InChI=1S/C22H25NO3/c1-2-3-6-9-23-14-22(16-7-4-5-8-18(16)23)15-26-19-13-21-20(12-17(19)22)24-10-11-25-21/h4-5,7-8,12-13H,2-3,6,9-11,14-15H2,1H3. The molecule has 3 aliphatic heterocycles. The zero-order valence-corrected chi connectivity index (χ0v) is 15.3. The second-order valence-corrected chi connectivity index (χ2v) is 7.51. The van der Waals surface area contributed by atoms with Crippen molar-refractivity contribution < 1.29 is 14.2 Å². The number of para-hydroxylation sites is 1. The van der Waals surface area contributed by atoms with Gasteiger partial charge in [0.05, 0.1) is 5.41 Å². The lowest BCUT2D eigenvalue weighted by Crippen LogP contribution is -2.36. The summed E-state index contributed by atoms with van der Waals surface area (Å²) in [7, 11) is 0. The zero-order chi connectivity index (χ0) is 17.6. The van der Waals surface area contributed by atoms with E-state index in [4.69, 9.17) is 14.2 Å². The Morgan fingerprint density at radius 3 is 2.58 bits per heavy atom. The number of rotatable bonds is 4. The van der Waals surface area contributed by atoms with E-state index in [1.165, 1.54) is 36.1 Å². The predicted molar refractivity (Wildman–Crippen MR) is 102 cm³/mol. The molecule has 0 aromatic heterocycles. The maximum Gasteiger partial charge on any atom is 0.165 e. The van der Waals surface area contributed by atoms with Crippen LogP contribution in [0.4, 0.5) is 5.69 Å². The molecule has 1 unspecified atom stereocenters. The van der Waals surface area contributed by atoms with Gasteiger partial charge in [-0.15, -0.1) is 0 Å². The number of fused-ring (bicyclic) bond motifs is 5. The highest BCUT2D eigenvalue weighted by molar-refractivity contribution is 5.70. The second kappa shape index (κ2) is 6.11. The minimum atomic E-state index is -0.103. The molecule has 2 aromatic carbocycles. The number of ether oxygens (including phenoxy) is 3. The lowest BCUT2D eigenvalue weighted by molar-refractivity contribution is 0.171. The van der Waals surface area contributed by atoms with Crippen molar-refractivity contribution in [2.24, 2.45) is 0 Å². The van der Waals surface area contributed by atoms with Gasteiger partial charge in [-0.3, -0.25) is 0 Å². The van der Waals surface area contributed by atoms with Crippen LogP contribution in [-0.4, -0.2) is 32.9 Å². The van der Waals surface area contributed by atoms with Crippen LogP contribution in [-0.2, 0) is 5.41 Å². The number of anilines is 1. The molecule has 0 bridgehead atoms. The predicted octanol–water partition coefficient (Wildman–Crippen LogP) is 4.15. The Morgan fingerprint density at radius 1 is 0.923 bits per heavy atom. The third-order valence-electron chi connectivity index (χ3n) is 5.89. The molecule has 5 rings (SSSR count). The fourth-order valence-corrected chi connectivity index (χ4v) is 4.60. The van der Waals surface area contributed by atoms with Crippen molar-refractivity contribution in [1.29, 1.82) is 0 Å². The van der Waals surface area contributed by atoms with Crippen LogP contribution in [0.3, 0.4) is 0 Å². The van der Waals surface area contributed by atoms with Gasteiger partial charge in [0.1, 0.15) is 25.6 Å². The molecule has 1 atom stereocenters. The van der Waals surface area contributed by atoms with Gasteiger partial charge in [-0.1, -0.05) is 38.0 Å². The molecule has 26 heavy (non-hydrogen) atoms. The molecule has 0 saturated carbocycles. The van der Waals surface area contributed by atoms with E-state index in [0.29, 0.717) is 19.8 Å². The van der Waals surface area contributed by atoms with Gasteiger partial charge in [0.25, 0.3) is 0 Å². The lowest BCUT2D eigenvalue weighted by atomic mass is 9.77. The van der Waals surface area contributed by atoms with E-state index in [1.807, 2.05) is 6.07 Å². The molecule has 4 nitrogen and oxygen atoms in total. The number of unbranched alkanes of at least 4 members (excludes halogenated alkanes) is 2. The molecule has 4 heteroatoms. The Kier molecular flexibility index (Phi) is 3.73. The molecule has 0 fully saturated rings. The summed E-state index contributed by atoms with van der Waals surface area (Å²) in [6.07, 6.45) is 3.75. The van der Waals surface area contributed by atoms with Crippen molar-refractivity contribution in [2.75, 3.05) is 37.8 Å². The number of hydrogen-bond donors (Lipinski definition) is 0. The molecule has 0 saturated heterocycles. The van der Waals surface area contributed by atoms with Gasteiger partial charge in [-0.25, -0.2) is 0 Å². The highest BCUT2D eigenvalue weighted by Gasteiger charge is 2.50. The van der Waals surface area contributed by atoms with Crippen molar-refractivity contribution in [3.63, 3.8) is 0 Å². The summed E-state index contributed by atoms with van der Waals surface area (Å²) in [5.41, 5.74) is 3.88. The summed E-state index contributed by atoms with van der Waals surface area (Å²) >= 11 is 0. The summed E-state index contributed by atoms with van der Waals surface area (Å²) in [6, 6.07) is 13.0. The minimum absolute atomic E-state index is 0.103. The van der Waals surface area contributed by atoms with Crippen LogP contribution in [0.1, 0.15) is 37.3 Å². The highest BCUT2D eigenvalue weighted by Crippen LogP contribution is 2.54. The molecule has 1 spiro atoms. The Bertz CT molecular complexity index is 834. The molecule has 0 radical (unpaired) electrons. The summed E-state index contributed by atoms with van der Waals surface area (Å²) < 4.78 is 17.8. The molecule has 0 N–H and O–H groups in total. The van der Waals surface area contributed by atoms with Gasteiger partial charge in [0.15, 0.2) is 11.5 Å². The molecule has 0 aliphatic carbocycles. The largest absolute Gasteiger partial charge is 0.492 e. The molecule has 3 aliphatic rings. The van der Waals surface area contributed by atoms with E-state index in [2.05, 4.69) is 42.2 Å². The maximum absolute atomic E-state index is 6.17. The summed E-state index contributed by atoms with van der Waals surface area (Å²) in [4.78, 5) is 2.54. The first-order chi connectivity index (χ1) is 12.8. The Balaban J connectivity index is 1.57. The van der Waals surface area contributed by atoms with Crippen molar-refractivity contribution in [2.45, 2.75) is 31.6 Å². The van der Waals surface area contributed by atoms with Gasteiger partial charge in [-0.05, 0) is 24.1 Å². The van der Waals surface area contributed by atoms with Gasteiger partial charge in [0, 0.05) is 30.4 Å². The summed E-state index contributed by atoms with van der Waals surface area (Å²) in [6.45, 7) is 6.23. The van der Waals surface area contributed by atoms with E-state index in [0.717, 1.165) is 30.3 Å². The number of nitrogens with zero attached hydrogens (tertiary/aromatic N) is 1. The van der Waals surface area contributed by atoms with Crippen LogP contribution in [0, 0.1) is 0 Å². The molecule has 136 valence electrons. The number of hydrogen-bond acceptors (Lipinski definition) is 4. The van der Waals surface area contributed by atoms with Gasteiger partial charge < -0.3 is 19.1 Å². The topological polar surface area (TPSA) is 30.9 Å². The fourth-order valence-electron chi connectivity index (χ4n) is 4.60. The second-order valence-electron chi connectivity index (χ2n) is 7.51. The third kappa shape index (κ3) is 2.28. The minimum Gasteiger partial charge on any atom is -0.492 e. The monoisotopic (exact) mass is 351 g/mol. The van der Waals surface area contributed by atoms with E-state index in [9.17, 15) is 0 Å². The normalized spacial score (nSPS) is 22.3. The molecular weight excluding hydrogens is 326 g/mol. The van der Waals surface area contributed by atoms with Crippen LogP contribution in [0.15, 0.2) is 36.4 Å². The highest BCUT2D eigenvalue weighted by atomic mass is 16.6. The summed E-state index contributed by atoms with van der Waals surface area (Å²) in [5, 5.41) is 0. The van der Waals surface area contributed by atoms with E-state index in [1.54, 1.807) is 0 Å². The van der Waals surface area contributed by atoms with E-state index < -0.39 is 0 Å². The molecule has 0 amide bonds. The van der Waals surface area contributed by atoms with Crippen molar-refractivity contribution in [3.05, 3.63) is 47.5 Å². The lowest BCUT2D eigenvalue weighted by Gasteiger charge is -2.26.